The van der Waals surface area contributed by atoms with Crippen LogP contribution in [0.2, 0.25) is 0 Å². The molecule has 0 aromatic heterocycles. The maximum Gasteiger partial charge on any atom is 0.393 e. The number of halogens is 3. The Morgan fingerprint density at radius 1 is 1.29 bits per heavy atom. The fraction of sp³-hybridized carbons (Fsp3) is 0.571. The highest BCUT2D eigenvalue weighted by atomic mass is 19.4. The molecule has 2 rings (SSSR count). The third-order valence-corrected chi connectivity index (χ3v) is 3.93. The minimum Gasteiger partial charge on any atom is -0.382 e. The maximum absolute atomic E-state index is 13.0. The van der Waals surface area contributed by atoms with Gasteiger partial charge in [0.25, 0.3) is 5.69 Å². The number of aryl methyl sites for hydroxylation is 1. The third-order valence-electron chi connectivity index (χ3n) is 3.93. The number of alkyl halides is 3. The number of nitro benzene ring substituents is 1. The van der Waals surface area contributed by atoms with Gasteiger partial charge < -0.3 is 5.32 Å². The molecule has 2 atom stereocenters. The van der Waals surface area contributed by atoms with Gasteiger partial charge in [0.2, 0.25) is 0 Å². The Balaban J connectivity index is 2.16. The van der Waals surface area contributed by atoms with Crippen molar-refractivity contribution in [2.24, 2.45) is 5.92 Å². The van der Waals surface area contributed by atoms with Crippen LogP contribution in [0.1, 0.15) is 31.2 Å². The second kappa shape index (κ2) is 5.91. The lowest BCUT2D eigenvalue weighted by Gasteiger charge is -2.34. The van der Waals surface area contributed by atoms with Crippen LogP contribution in [0.15, 0.2) is 18.2 Å². The van der Waals surface area contributed by atoms with E-state index in [2.05, 4.69) is 5.32 Å². The van der Waals surface area contributed by atoms with Crippen molar-refractivity contribution < 1.29 is 18.1 Å². The molecule has 0 amide bonds. The van der Waals surface area contributed by atoms with E-state index in [0.717, 1.165) is 6.42 Å². The molecule has 1 saturated carbocycles. The largest absolute Gasteiger partial charge is 0.393 e. The van der Waals surface area contributed by atoms with Gasteiger partial charge >= 0.3 is 6.18 Å². The van der Waals surface area contributed by atoms with Gasteiger partial charge in [-0.3, -0.25) is 10.1 Å². The molecule has 1 aromatic rings. The Bertz CT molecular complexity index is 531. The molecule has 0 heterocycles. The van der Waals surface area contributed by atoms with Crippen LogP contribution < -0.4 is 5.32 Å². The highest BCUT2D eigenvalue weighted by molar-refractivity contribution is 5.54. The van der Waals surface area contributed by atoms with E-state index >= 15 is 0 Å². The van der Waals surface area contributed by atoms with Crippen molar-refractivity contribution in [3.05, 3.63) is 33.9 Å². The molecule has 1 aromatic carbocycles. The highest BCUT2D eigenvalue weighted by Gasteiger charge is 2.45. The number of hydrogen-bond donors (Lipinski definition) is 1. The van der Waals surface area contributed by atoms with Crippen molar-refractivity contribution in [3.63, 3.8) is 0 Å². The zero-order valence-corrected chi connectivity index (χ0v) is 11.6. The first-order chi connectivity index (χ1) is 9.79. The average molecular weight is 302 g/mol. The van der Waals surface area contributed by atoms with E-state index in [0.29, 0.717) is 24.1 Å². The highest BCUT2D eigenvalue weighted by Crippen LogP contribution is 2.39. The van der Waals surface area contributed by atoms with Crippen LogP contribution in [0.4, 0.5) is 24.5 Å². The summed E-state index contributed by atoms with van der Waals surface area (Å²) in [6, 6.07) is 3.65. The normalized spacial score (nSPS) is 22.9. The topological polar surface area (TPSA) is 55.2 Å². The molecule has 21 heavy (non-hydrogen) atoms. The molecule has 0 aliphatic heterocycles. The molecule has 7 heteroatoms. The standard InChI is InChI=1S/C14H17F3N2O2/c1-9-8-10(6-7-13(9)19(20)21)18-12-5-3-2-4-11(12)14(15,16)17/h6-8,11-12,18H,2-5H2,1H3. The third kappa shape index (κ3) is 3.65. The predicted molar refractivity (Wildman–Crippen MR) is 73.3 cm³/mol. The van der Waals surface area contributed by atoms with E-state index in [1.54, 1.807) is 6.92 Å². The molecule has 116 valence electrons. The molecule has 1 N–H and O–H groups in total. The molecule has 2 unspecified atom stereocenters. The number of benzene rings is 1. The molecule has 1 aliphatic carbocycles. The van der Waals surface area contributed by atoms with Gasteiger partial charge in [-0.15, -0.1) is 0 Å². The quantitative estimate of drug-likeness (QED) is 0.663. The number of hydrogen-bond acceptors (Lipinski definition) is 3. The van der Waals surface area contributed by atoms with Gasteiger partial charge in [0, 0.05) is 23.4 Å². The van der Waals surface area contributed by atoms with Crippen molar-refractivity contribution in [1.82, 2.24) is 0 Å². The van der Waals surface area contributed by atoms with Gasteiger partial charge in [-0.1, -0.05) is 12.8 Å². The lowest BCUT2D eigenvalue weighted by atomic mass is 9.84. The van der Waals surface area contributed by atoms with E-state index in [1.165, 1.54) is 18.2 Å². The van der Waals surface area contributed by atoms with Crippen LogP contribution in [-0.4, -0.2) is 17.1 Å². The predicted octanol–water partition coefficient (Wildman–Crippen LogP) is 4.44. The molecule has 0 radical (unpaired) electrons. The number of rotatable bonds is 3. The molecular formula is C14H17F3N2O2. The molecule has 0 spiro atoms. The molecule has 1 aliphatic rings. The maximum atomic E-state index is 13.0. The monoisotopic (exact) mass is 302 g/mol. The average Bonchev–Trinajstić information content (AvgIpc) is 2.37. The van der Waals surface area contributed by atoms with E-state index in [4.69, 9.17) is 0 Å². The van der Waals surface area contributed by atoms with Crippen molar-refractivity contribution >= 4 is 11.4 Å². The van der Waals surface area contributed by atoms with Crippen molar-refractivity contribution in [2.75, 3.05) is 5.32 Å². The first-order valence-electron chi connectivity index (χ1n) is 6.87. The Kier molecular flexibility index (Phi) is 4.39. The first-order valence-corrected chi connectivity index (χ1v) is 6.87. The van der Waals surface area contributed by atoms with E-state index in [9.17, 15) is 23.3 Å². The lowest BCUT2D eigenvalue weighted by molar-refractivity contribution is -0.385. The molecule has 0 saturated heterocycles. The van der Waals surface area contributed by atoms with Crippen LogP contribution in [0.5, 0.6) is 0 Å². The SMILES string of the molecule is Cc1cc(NC2CCCCC2C(F)(F)F)ccc1[N+](=O)[O-]. The zero-order valence-electron chi connectivity index (χ0n) is 11.6. The van der Waals surface area contributed by atoms with Crippen molar-refractivity contribution in [3.8, 4) is 0 Å². The Hall–Kier alpha value is -1.79. The molecular weight excluding hydrogens is 285 g/mol. The van der Waals surface area contributed by atoms with Crippen LogP contribution >= 0.6 is 0 Å². The van der Waals surface area contributed by atoms with Crippen LogP contribution in [0, 0.1) is 23.0 Å². The minimum atomic E-state index is -4.21. The number of anilines is 1. The minimum absolute atomic E-state index is 0.0310. The molecule has 4 nitrogen and oxygen atoms in total. The lowest BCUT2D eigenvalue weighted by Crippen LogP contribution is -2.41. The summed E-state index contributed by atoms with van der Waals surface area (Å²) < 4.78 is 39.0. The Morgan fingerprint density at radius 3 is 2.52 bits per heavy atom. The van der Waals surface area contributed by atoms with E-state index in [-0.39, 0.29) is 12.1 Å². The number of nitrogens with one attached hydrogen (secondary N) is 1. The summed E-state index contributed by atoms with van der Waals surface area (Å²) >= 11 is 0. The summed E-state index contributed by atoms with van der Waals surface area (Å²) in [5, 5.41) is 13.6. The van der Waals surface area contributed by atoms with Gasteiger partial charge in [0.1, 0.15) is 0 Å². The Morgan fingerprint density at radius 2 is 1.95 bits per heavy atom. The summed E-state index contributed by atoms with van der Waals surface area (Å²) in [6.07, 6.45) is -2.28. The van der Waals surface area contributed by atoms with E-state index < -0.39 is 23.1 Å². The van der Waals surface area contributed by atoms with Gasteiger partial charge in [-0.2, -0.15) is 13.2 Å². The second-order valence-corrected chi connectivity index (χ2v) is 5.44. The summed E-state index contributed by atoms with van der Waals surface area (Å²) in [5.41, 5.74) is 0.903. The molecule has 1 fully saturated rings. The summed E-state index contributed by atoms with van der Waals surface area (Å²) in [5.74, 6) is -1.36. The van der Waals surface area contributed by atoms with Crippen molar-refractivity contribution in [1.29, 1.82) is 0 Å². The summed E-state index contributed by atoms with van der Waals surface area (Å²) in [6.45, 7) is 1.57. The summed E-state index contributed by atoms with van der Waals surface area (Å²) in [7, 11) is 0. The number of nitrogens with zero attached hydrogens (tertiary/aromatic N) is 1. The second-order valence-electron chi connectivity index (χ2n) is 5.44. The smallest absolute Gasteiger partial charge is 0.382 e. The number of nitro groups is 1. The van der Waals surface area contributed by atoms with E-state index in [1.807, 2.05) is 0 Å². The fourth-order valence-corrected chi connectivity index (χ4v) is 2.86. The van der Waals surface area contributed by atoms with Crippen LogP contribution in [-0.2, 0) is 0 Å². The van der Waals surface area contributed by atoms with Crippen LogP contribution in [0.3, 0.4) is 0 Å². The summed E-state index contributed by atoms with van der Waals surface area (Å²) in [4.78, 5) is 10.2. The van der Waals surface area contributed by atoms with Gasteiger partial charge in [0.05, 0.1) is 10.8 Å². The fourth-order valence-electron chi connectivity index (χ4n) is 2.86. The van der Waals surface area contributed by atoms with Gasteiger partial charge in [0.15, 0.2) is 0 Å². The Labute approximate surface area is 120 Å². The van der Waals surface area contributed by atoms with Gasteiger partial charge in [-0.25, -0.2) is 0 Å². The zero-order chi connectivity index (χ0) is 15.6. The van der Waals surface area contributed by atoms with Crippen LogP contribution in [0.25, 0.3) is 0 Å². The van der Waals surface area contributed by atoms with Gasteiger partial charge in [-0.05, 0) is 31.9 Å². The first kappa shape index (κ1) is 15.6. The molecule has 0 bridgehead atoms. The van der Waals surface area contributed by atoms with Crippen molar-refractivity contribution in [2.45, 2.75) is 44.8 Å².